The van der Waals surface area contributed by atoms with Crippen molar-refractivity contribution in [3.63, 3.8) is 0 Å². The van der Waals surface area contributed by atoms with E-state index in [0.29, 0.717) is 25.1 Å². The summed E-state index contributed by atoms with van der Waals surface area (Å²) >= 11 is 0. The number of esters is 1. The fourth-order valence-electron chi connectivity index (χ4n) is 2.92. The van der Waals surface area contributed by atoms with E-state index in [2.05, 4.69) is 4.98 Å². The molecule has 1 atom stereocenters. The molecule has 1 aliphatic rings. The fraction of sp³-hybridized carbons (Fsp3) is 0.353. The van der Waals surface area contributed by atoms with Gasteiger partial charge in [0.25, 0.3) is 5.91 Å². The monoisotopic (exact) mass is 313 g/mol. The zero-order valence-corrected chi connectivity index (χ0v) is 13.2. The molecule has 6 heteroatoms. The van der Waals surface area contributed by atoms with Crippen LogP contribution in [-0.2, 0) is 9.53 Å². The third kappa shape index (κ3) is 2.84. The van der Waals surface area contributed by atoms with Crippen LogP contribution in [0, 0.1) is 5.41 Å². The minimum Gasteiger partial charge on any atom is -0.469 e. The molecule has 2 aromatic rings. The van der Waals surface area contributed by atoms with Gasteiger partial charge in [-0.15, -0.1) is 0 Å². The number of benzene rings is 1. The van der Waals surface area contributed by atoms with Crippen LogP contribution in [0.4, 0.5) is 0 Å². The van der Waals surface area contributed by atoms with Gasteiger partial charge in [-0.1, -0.05) is 0 Å². The molecule has 6 nitrogen and oxygen atoms in total. The summed E-state index contributed by atoms with van der Waals surface area (Å²) < 4.78 is 6.72. The second kappa shape index (κ2) is 5.87. The van der Waals surface area contributed by atoms with Gasteiger partial charge in [0.2, 0.25) is 0 Å². The van der Waals surface area contributed by atoms with E-state index < -0.39 is 5.41 Å². The van der Waals surface area contributed by atoms with Gasteiger partial charge in [0.1, 0.15) is 0 Å². The highest BCUT2D eigenvalue weighted by molar-refractivity contribution is 5.95. The van der Waals surface area contributed by atoms with Crippen molar-refractivity contribution in [3.05, 3.63) is 48.5 Å². The number of carbonyl (C=O) groups excluding carboxylic acids is 2. The molecule has 1 aromatic carbocycles. The van der Waals surface area contributed by atoms with Crippen LogP contribution >= 0.6 is 0 Å². The molecular weight excluding hydrogens is 294 g/mol. The van der Waals surface area contributed by atoms with Gasteiger partial charge in [-0.2, -0.15) is 0 Å². The Hall–Kier alpha value is -2.63. The average molecular weight is 313 g/mol. The number of imidazole rings is 1. The van der Waals surface area contributed by atoms with E-state index in [-0.39, 0.29) is 11.9 Å². The SMILES string of the molecule is COC(=O)C1(C)CCN(C(=O)c2ccc(-n3ccnc3)cc2)C1. The number of amides is 1. The Morgan fingerprint density at radius 1 is 1.26 bits per heavy atom. The number of hydrogen-bond acceptors (Lipinski definition) is 4. The molecule has 0 aliphatic carbocycles. The van der Waals surface area contributed by atoms with Crippen LogP contribution < -0.4 is 0 Å². The molecule has 1 aliphatic heterocycles. The van der Waals surface area contributed by atoms with Gasteiger partial charge in [0.05, 0.1) is 18.9 Å². The molecule has 2 heterocycles. The Morgan fingerprint density at radius 3 is 2.61 bits per heavy atom. The Morgan fingerprint density at radius 2 is 2.00 bits per heavy atom. The quantitative estimate of drug-likeness (QED) is 0.812. The highest BCUT2D eigenvalue weighted by atomic mass is 16.5. The van der Waals surface area contributed by atoms with E-state index in [0.717, 1.165) is 5.69 Å². The van der Waals surface area contributed by atoms with E-state index in [1.165, 1.54) is 7.11 Å². The number of nitrogens with zero attached hydrogens (tertiary/aromatic N) is 3. The van der Waals surface area contributed by atoms with Crippen LogP contribution in [0.15, 0.2) is 43.0 Å². The number of hydrogen-bond donors (Lipinski definition) is 0. The first-order valence-corrected chi connectivity index (χ1v) is 7.49. The summed E-state index contributed by atoms with van der Waals surface area (Å²) in [4.78, 5) is 30.2. The van der Waals surface area contributed by atoms with Crippen molar-refractivity contribution >= 4 is 11.9 Å². The fourth-order valence-corrected chi connectivity index (χ4v) is 2.92. The smallest absolute Gasteiger partial charge is 0.313 e. The minimum atomic E-state index is -0.610. The summed E-state index contributed by atoms with van der Waals surface area (Å²) in [7, 11) is 1.38. The number of carbonyl (C=O) groups is 2. The molecule has 1 aromatic heterocycles. The first kappa shape index (κ1) is 15.3. The molecule has 0 bridgehead atoms. The molecule has 1 saturated heterocycles. The second-order valence-electron chi connectivity index (χ2n) is 6.05. The predicted octanol–water partition coefficient (Wildman–Crippen LogP) is 1.90. The van der Waals surface area contributed by atoms with Crippen molar-refractivity contribution in [2.24, 2.45) is 5.41 Å². The van der Waals surface area contributed by atoms with Crippen LogP contribution in [0.5, 0.6) is 0 Å². The lowest BCUT2D eigenvalue weighted by Gasteiger charge is -2.22. The van der Waals surface area contributed by atoms with Crippen molar-refractivity contribution in [1.29, 1.82) is 0 Å². The molecule has 1 unspecified atom stereocenters. The van der Waals surface area contributed by atoms with Gasteiger partial charge in [-0.25, -0.2) is 4.98 Å². The van der Waals surface area contributed by atoms with Crippen LogP contribution in [0.3, 0.4) is 0 Å². The molecule has 0 spiro atoms. The summed E-state index contributed by atoms with van der Waals surface area (Å²) in [5.74, 6) is -0.321. The molecule has 1 fully saturated rings. The molecule has 0 saturated carbocycles. The van der Waals surface area contributed by atoms with Gasteiger partial charge in [-0.3, -0.25) is 9.59 Å². The van der Waals surface area contributed by atoms with Crippen LogP contribution in [-0.4, -0.2) is 46.5 Å². The van der Waals surface area contributed by atoms with Crippen LogP contribution in [0.1, 0.15) is 23.7 Å². The first-order valence-electron chi connectivity index (χ1n) is 7.49. The second-order valence-corrected chi connectivity index (χ2v) is 6.05. The highest BCUT2D eigenvalue weighted by Crippen LogP contribution is 2.32. The number of aromatic nitrogens is 2. The van der Waals surface area contributed by atoms with Crippen molar-refractivity contribution in [2.45, 2.75) is 13.3 Å². The number of likely N-dealkylation sites (tertiary alicyclic amines) is 1. The highest BCUT2D eigenvalue weighted by Gasteiger charge is 2.43. The zero-order valence-electron chi connectivity index (χ0n) is 13.2. The minimum absolute atomic E-state index is 0.0604. The average Bonchev–Trinajstić information content (AvgIpc) is 3.24. The summed E-state index contributed by atoms with van der Waals surface area (Å²) in [6, 6.07) is 7.35. The molecule has 0 radical (unpaired) electrons. The Bertz CT molecular complexity index is 709. The third-order valence-electron chi connectivity index (χ3n) is 4.36. The van der Waals surface area contributed by atoms with Crippen molar-refractivity contribution in [2.75, 3.05) is 20.2 Å². The maximum Gasteiger partial charge on any atom is 0.313 e. The van der Waals surface area contributed by atoms with Gasteiger partial charge in [-0.05, 0) is 37.6 Å². The Kier molecular flexibility index (Phi) is 3.90. The Labute approximate surface area is 134 Å². The molecule has 120 valence electrons. The first-order chi connectivity index (χ1) is 11.0. The van der Waals surface area contributed by atoms with Gasteiger partial charge in [0.15, 0.2) is 0 Å². The molecule has 3 rings (SSSR count). The molecular formula is C17H19N3O3. The Balaban J connectivity index is 1.73. The summed E-state index contributed by atoms with van der Waals surface area (Å²) in [5.41, 5.74) is 0.948. The normalized spacial score (nSPS) is 20.5. The van der Waals surface area contributed by atoms with E-state index in [9.17, 15) is 9.59 Å². The largest absolute Gasteiger partial charge is 0.469 e. The van der Waals surface area contributed by atoms with Crippen LogP contribution in [0.25, 0.3) is 5.69 Å². The lowest BCUT2D eigenvalue weighted by molar-refractivity contribution is -0.150. The molecule has 1 amide bonds. The topological polar surface area (TPSA) is 64.4 Å². The lowest BCUT2D eigenvalue weighted by atomic mass is 9.90. The predicted molar refractivity (Wildman–Crippen MR) is 84.2 cm³/mol. The van der Waals surface area contributed by atoms with Crippen LogP contribution in [0.2, 0.25) is 0 Å². The summed E-state index contributed by atoms with van der Waals surface area (Å²) in [6.45, 7) is 2.80. The number of rotatable bonds is 3. The van der Waals surface area contributed by atoms with Crippen molar-refractivity contribution in [3.8, 4) is 5.69 Å². The van der Waals surface area contributed by atoms with E-state index in [1.807, 2.05) is 29.8 Å². The van der Waals surface area contributed by atoms with E-state index >= 15 is 0 Å². The standard InChI is InChI=1S/C17H19N3O3/c1-17(16(22)23-2)7-9-19(11-17)15(21)13-3-5-14(6-4-13)20-10-8-18-12-20/h3-6,8,10,12H,7,9,11H2,1-2H3. The van der Waals surface area contributed by atoms with Crippen molar-refractivity contribution in [1.82, 2.24) is 14.5 Å². The number of ether oxygens (including phenoxy) is 1. The molecule has 23 heavy (non-hydrogen) atoms. The third-order valence-corrected chi connectivity index (χ3v) is 4.36. The van der Waals surface area contributed by atoms with Gasteiger partial charge >= 0.3 is 5.97 Å². The molecule has 0 N–H and O–H groups in total. The summed E-state index contributed by atoms with van der Waals surface area (Å²) in [5, 5.41) is 0. The van der Waals surface area contributed by atoms with Gasteiger partial charge < -0.3 is 14.2 Å². The maximum absolute atomic E-state index is 12.6. The van der Waals surface area contributed by atoms with E-state index in [4.69, 9.17) is 4.74 Å². The maximum atomic E-state index is 12.6. The number of methoxy groups -OCH3 is 1. The van der Waals surface area contributed by atoms with E-state index in [1.54, 1.807) is 29.6 Å². The summed E-state index contributed by atoms with van der Waals surface area (Å²) in [6.07, 6.45) is 5.88. The zero-order chi connectivity index (χ0) is 16.4. The van der Waals surface area contributed by atoms with Crippen molar-refractivity contribution < 1.29 is 14.3 Å². The lowest BCUT2D eigenvalue weighted by Crippen LogP contribution is -2.35. The van der Waals surface area contributed by atoms with Gasteiger partial charge in [0, 0.05) is 36.7 Å².